The number of aromatic nitrogens is 2. The summed E-state index contributed by atoms with van der Waals surface area (Å²) in [6, 6.07) is 0.663. The Morgan fingerprint density at radius 3 is 2.92 bits per heavy atom. The lowest BCUT2D eigenvalue weighted by atomic mass is 9.92. The van der Waals surface area contributed by atoms with Gasteiger partial charge in [-0.15, -0.1) is 0 Å². The Bertz CT molecular complexity index is 245. The molecule has 2 N–H and O–H groups in total. The van der Waals surface area contributed by atoms with Crippen molar-refractivity contribution in [2.75, 3.05) is 18.0 Å². The first-order chi connectivity index (χ1) is 6.42. The van der Waals surface area contributed by atoms with Crippen molar-refractivity contribution in [3.05, 3.63) is 6.33 Å². The van der Waals surface area contributed by atoms with Gasteiger partial charge in [0.1, 0.15) is 6.33 Å². The van der Waals surface area contributed by atoms with Crippen molar-refractivity contribution in [3.8, 4) is 0 Å². The first-order valence-corrected chi connectivity index (χ1v) is 5.42. The van der Waals surface area contributed by atoms with Crippen LogP contribution in [0, 0.1) is 0 Å². The number of nitrogens with two attached hydrogens (primary N) is 1. The van der Waals surface area contributed by atoms with Gasteiger partial charge in [0.05, 0.1) is 0 Å². The van der Waals surface area contributed by atoms with E-state index in [2.05, 4.69) is 14.3 Å². The normalized spacial score (nSPS) is 17.0. The molecule has 72 valence electrons. The van der Waals surface area contributed by atoms with Crippen LogP contribution < -0.4 is 10.6 Å². The van der Waals surface area contributed by atoms with Gasteiger partial charge in [-0.05, 0) is 19.3 Å². The van der Waals surface area contributed by atoms with E-state index < -0.39 is 0 Å². The number of anilines is 1. The standard InChI is InChI=1S/C8H14N4S/c9-4-5-12(7-2-1-3-7)8-10-6-11-13-8/h6-7H,1-5,9H2. The van der Waals surface area contributed by atoms with Gasteiger partial charge in [-0.1, -0.05) is 0 Å². The van der Waals surface area contributed by atoms with E-state index >= 15 is 0 Å². The zero-order valence-electron chi connectivity index (χ0n) is 7.52. The summed E-state index contributed by atoms with van der Waals surface area (Å²) in [5, 5.41) is 1.02. The lowest BCUT2D eigenvalue weighted by Crippen LogP contribution is -2.42. The van der Waals surface area contributed by atoms with Crippen molar-refractivity contribution in [2.45, 2.75) is 25.3 Å². The predicted octanol–water partition coefficient (Wildman–Crippen LogP) is 0.856. The summed E-state index contributed by atoms with van der Waals surface area (Å²) in [6.07, 6.45) is 5.51. The van der Waals surface area contributed by atoms with Gasteiger partial charge < -0.3 is 10.6 Å². The molecule has 0 saturated heterocycles. The van der Waals surface area contributed by atoms with E-state index in [1.807, 2.05) is 0 Å². The lowest BCUT2D eigenvalue weighted by Gasteiger charge is -2.36. The Morgan fingerprint density at radius 1 is 1.62 bits per heavy atom. The van der Waals surface area contributed by atoms with Crippen LogP contribution in [0.1, 0.15) is 19.3 Å². The number of hydrogen-bond acceptors (Lipinski definition) is 5. The maximum atomic E-state index is 5.57. The average Bonchev–Trinajstić information content (AvgIpc) is 2.51. The fraction of sp³-hybridized carbons (Fsp3) is 0.750. The van der Waals surface area contributed by atoms with Crippen molar-refractivity contribution in [2.24, 2.45) is 5.73 Å². The molecule has 0 aliphatic heterocycles. The van der Waals surface area contributed by atoms with Gasteiger partial charge in [0.2, 0.25) is 5.13 Å². The smallest absolute Gasteiger partial charge is 0.205 e. The molecule has 0 spiro atoms. The quantitative estimate of drug-likeness (QED) is 0.779. The Balaban J connectivity index is 2.04. The highest BCUT2D eigenvalue weighted by Crippen LogP contribution is 2.29. The molecule has 0 radical (unpaired) electrons. The molecule has 1 aliphatic rings. The molecule has 1 aliphatic carbocycles. The third-order valence-corrected chi connectivity index (χ3v) is 3.18. The topological polar surface area (TPSA) is 55.0 Å². The third-order valence-electron chi connectivity index (χ3n) is 2.48. The van der Waals surface area contributed by atoms with Crippen LogP contribution in [-0.2, 0) is 0 Å². The van der Waals surface area contributed by atoms with Crippen molar-refractivity contribution in [1.29, 1.82) is 0 Å². The van der Waals surface area contributed by atoms with Crippen LogP contribution in [0.4, 0.5) is 5.13 Å². The summed E-state index contributed by atoms with van der Waals surface area (Å²) >= 11 is 1.46. The Labute approximate surface area is 81.9 Å². The van der Waals surface area contributed by atoms with E-state index in [1.54, 1.807) is 6.33 Å². The van der Waals surface area contributed by atoms with Crippen LogP contribution in [0.15, 0.2) is 6.33 Å². The molecule has 0 aromatic carbocycles. The van der Waals surface area contributed by atoms with Gasteiger partial charge in [0.25, 0.3) is 0 Å². The summed E-state index contributed by atoms with van der Waals surface area (Å²) < 4.78 is 4.01. The minimum atomic E-state index is 0.663. The van der Waals surface area contributed by atoms with Crippen LogP contribution in [0.25, 0.3) is 0 Å². The first kappa shape index (κ1) is 8.90. The van der Waals surface area contributed by atoms with Crippen molar-refractivity contribution >= 4 is 16.7 Å². The average molecular weight is 198 g/mol. The highest BCUT2D eigenvalue weighted by atomic mass is 32.1. The largest absolute Gasteiger partial charge is 0.343 e. The zero-order valence-corrected chi connectivity index (χ0v) is 8.33. The molecule has 5 heteroatoms. The molecule has 2 rings (SSSR count). The molecule has 1 aromatic rings. The van der Waals surface area contributed by atoms with Crippen molar-refractivity contribution < 1.29 is 0 Å². The first-order valence-electron chi connectivity index (χ1n) is 4.65. The van der Waals surface area contributed by atoms with E-state index in [0.717, 1.165) is 11.7 Å². The second-order valence-electron chi connectivity index (χ2n) is 3.29. The van der Waals surface area contributed by atoms with Crippen molar-refractivity contribution in [1.82, 2.24) is 9.36 Å². The molecular weight excluding hydrogens is 184 g/mol. The summed E-state index contributed by atoms with van der Waals surface area (Å²) in [5.74, 6) is 0. The molecule has 13 heavy (non-hydrogen) atoms. The number of nitrogens with zero attached hydrogens (tertiary/aromatic N) is 3. The monoisotopic (exact) mass is 198 g/mol. The Kier molecular flexibility index (Phi) is 2.75. The molecule has 1 fully saturated rings. The molecule has 0 bridgehead atoms. The van der Waals surface area contributed by atoms with Gasteiger partial charge in [-0.25, -0.2) is 4.98 Å². The van der Waals surface area contributed by atoms with Crippen LogP contribution in [0.5, 0.6) is 0 Å². The summed E-state index contributed by atoms with van der Waals surface area (Å²) in [7, 11) is 0. The fourth-order valence-corrected chi connectivity index (χ4v) is 2.19. The second kappa shape index (κ2) is 4.02. The maximum absolute atomic E-state index is 5.57. The van der Waals surface area contributed by atoms with Crippen LogP contribution in [-0.4, -0.2) is 28.5 Å². The summed E-state index contributed by atoms with van der Waals surface area (Å²) in [6.45, 7) is 1.59. The van der Waals surface area contributed by atoms with E-state index in [9.17, 15) is 0 Å². The van der Waals surface area contributed by atoms with E-state index in [0.29, 0.717) is 12.6 Å². The molecule has 1 heterocycles. The van der Waals surface area contributed by atoms with Crippen LogP contribution in [0.2, 0.25) is 0 Å². The predicted molar refractivity (Wildman–Crippen MR) is 53.9 cm³/mol. The summed E-state index contributed by atoms with van der Waals surface area (Å²) in [4.78, 5) is 6.51. The SMILES string of the molecule is NCCN(c1ncns1)C1CCC1. The lowest BCUT2D eigenvalue weighted by molar-refractivity contribution is 0.387. The Hall–Kier alpha value is -0.680. The molecule has 0 amide bonds. The number of rotatable bonds is 4. The van der Waals surface area contributed by atoms with E-state index in [1.165, 1.54) is 30.8 Å². The minimum Gasteiger partial charge on any atom is -0.343 e. The minimum absolute atomic E-state index is 0.663. The highest BCUT2D eigenvalue weighted by molar-refractivity contribution is 7.09. The Morgan fingerprint density at radius 2 is 2.46 bits per heavy atom. The van der Waals surface area contributed by atoms with Crippen LogP contribution in [0.3, 0.4) is 0 Å². The molecule has 0 unspecified atom stereocenters. The van der Waals surface area contributed by atoms with Gasteiger partial charge in [0.15, 0.2) is 0 Å². The second-order valence-corrected chi connectivity index (χ2v) is 4.05. The molecule has 1 saturated carbocycles. The molecule has 1 aromatic heterocycles. The molecule has 0 atom stereocenters. The van der Waals surface area contributed by atoms with Gasteiger partial charge in [-0.3, -0.25) is 0 Å². The van der Waals surface area contributed by atoms with Crippen LogP contribution >= 0.6 is 11.5 Å². The number of hydrogen-bond donors (Lipinski definition) is 1. The molecule has 4 nitrogen and oxygen atoms in total. The van der Waals surface area contributed by atoms with E-state index in [4.69, 9.17) is 5.73 Å². The van der Waals surface area contributed by atoms with E-state index in [-0.39, 0.29) is 0 Å². The third kappa shape index (κ3) is 1.81. The zero-order chi connectivity index (χ0) is 9.10. The summed E-state index contributed by atoms with van der Waals surface area (Å²) in [5.41, 5.74) is 5.57. The van der Waals surface area contributed by atoms with Gasteiger partial charge in [0, 0.05) is 30.7 Å². The molecular formula is C8H14N4S. The highest BCUT2D eigenvalue weighted by Gasteiger charge is 2.26. The fourth-order valence-electron chi connectivity index (χ4n) is 1.57. The van der Waals surface area contributed by atoms with Gasteiger partial charge >= 0.3 is 0 Å². The maximum Gasteiger partial charge on any atom is 0.205 e. The van der Waals surface area contributed by atoms with Gasteiger partial charge in [-0.2, -0.15) is 4.37 Å². The van der Waals surface area contributed by atoms with Crippen molar-refractivity contribution in [3.63, 3.8) is 0 Å².